The molecule has 4 rings (SSSR count). The first-order chi connectivity index (χ1) is 10.3. The number of piperidine rings is 1. The van der Waals surface area contributed by atoms with E-state index in [9.17, 15) is 4.79 Å². The number of nitrogens with zero attached hydrogens (tertiary/aromatic N) is 1. The summed E-state index contributed by atoms with van der Waals surface area (Å²) in [6, 6.07) is 7.51. The number of fused-ring (bicyclic) bond motifs is 2. The van der Waals surface area contributed by atoms with E-state index in [1.54, 1.807) is 0 Å². The molecule has 1 amide bonds. The van der Waals surface area contributed by atoms with Gasteiger partial charge in [0.05, 0.1) is 0 Å². The summed E-state index contributed by atoms with van der Waals surface area (Å²) in [4.78, 5) is 14.6. The number of benzene rings is 1. The van der Waals surface area contributed by atoms with Crippen molar-refractivity contribution in [1.82, 2.24) is 10.2 Å². The minimum atomic E-state index is -0.509. The van der Waals surface area contributed by atoms with Crippen LogP contribution in [0.3, 0.4) is 0 Å². The van der Waals surface area contributed by atoms with Gasteiger partial charge in [-0.3, -0.25) is 4.79 Å². The Kier molecular flexibility index (Phi) is 3.22. The van der Waals surface area contributed by atoms with Crippen LogP contribution < -0.4 is 14.8 Å². The van der Waals surface area contributed by atoms with E-state index in [2.05, 4.69) is 5.32 Å². The molecule has 3 aliphatic heterocycles. The van der Waals surface area contributed by atoms with Gasteiger partial charge in [0.25, 0.3) is 5.91 Å². The molecule has 112 valence electrons. The number of hydrogen-bond donors (Lipinski definition) is 1. The molecule has 2 saturated heterocycles. The smallest absolute Gasteiger partial charge is 0.267 e. The molecule has 3 heterocycles. The van der Waals surface area contributed by atoms with Crippen molar-refractivity contribution in [2.75, 3.05) is 32.8 Å². The van der Waals surface area contributed by atoms with Gasteiger partial charge in [-0.2, -0.15) is 0 Å². The molecular weight excluding hydrogens is 268 g/mol. The first-order valence-corrected chi connectivity index (χ1v) is 7.69. The Morgan fingerprint density at radius 3 is 2.90 bits per heavy atom. The van der Waals surface area contributed by atoms with Crippen LogP contribution >= 0.6 is 0 Å². The van der Waals surface area contributed by atoms with Crippen LogP contribution in [0.5, 0.6) is 11.5 Å². The van der Waals surface area contributed by atoms with Gasteiger partial charge in [-0.25, -0.2) is 0 Å². The van der Waals surface area contributed by atoms with Crippen LogP contribution in [0, 0.1) is 11.8 Å². The van der Waals surface area contributed by atoms with Crippen LogP contribution in [0.2, 0.25) is 0 Å². The van der Waals surface area contributed by atoms with Gasteiger partial charge in [0.1, 0.15) is 6.61 Å². The van der Waals surface area contributed by atoms with Crippen LogP contribution in [-0.4, -0.2) is 49.7 Å². The molecule has 3 aliphatic rings. The summed E-state index contributed by atoms with van der Waals surface area (Å²) in [6.45, 7) is 4.11. The maximum absolute atomic E-state index is 12.7. The summed E-state index contributed by atoms with van der Waals surface area (Å²) in [7, 11) is 0. The molecule has 1 aromatic rings. The number of hydrogen-bond acceptors (Lipinski definition) is 4. The molecule has 0 aromatic heterocycles. The van der Waals surface area contributed by atoms with Crippen LogP contribution in [-0.2, 0) is 4.79 Å². The van der Waals surface area contributed by atoms with Gasteiger partial charge in [-0.1, -0.05) is 12.1 Å². The average molecular weight is 288 g/mol. The van der Waals surface area contributed by atoms with Crippen molar-refractivity contribution in [3.8, 4) is 11.5 Å². The molecule has 5 nitrogen and oxygen atoms in total. The predicted molar refractivity (Wildman–Crippen MR) is 77.4 cm³/mol. The minimum absolute atomic E-state index is 0.0647. The molecule has 0 aliphatic carbocycles. The number of likely N-dealkylation sites (tertiary alicyclic amines) is 1. The summed E-state index contributed by atoms with van der Waals surface area (Å²) in [5, 5.41) is 3.42. The topological polar surface area (TPSA) is 50.8 Å². The Morgan fingerprint density at radius 2 is 2.00 bits per heavy atom. The summed E-state index contributed by atoms with van der Waals surface area (Å²) in [6.07, 6.45) is 0.582. The largest absolute Gasteiger partial charge is 0.485 e. The van der Waals surface area contributed by atoms with Crippen LogP contribution in [0.25, 0.3) is 0 Å². The van der Waals surface area contributed by atoms with E-state index in [-0.39, 0.29) is 5.91 Å². The third-order valence-corrected chi connectivity index (χ3v) is 4.80. The van der Waals surface area contributed by atoms with Crippen molar-refractivity contribution in [3.63, 3.8) is 0 Å². The highest BCUT2D eigenvalue weighted by molar-refractivity contribution is 5.82. The third-order valence-electron chi connectivity index (χ3n) is 4.80. The maximum atomic E-state index is 12.7. The van der Waals surface area contributed by atoms with Crippen molar-refractivity contribution < 1.29 is 14.3 Å². The number of para-hydroxylation sites is 2. The molecule has 1 aromatic carbocycles. The lowest BCUT2D eigenvalue weighted by atomic mass is 9.88. The fourth-order valence-electron chi connectivity index (χ4n) is 3.58. The summed E-state index contributed by atoms with van der Waals surface area (Å²) in [5.41, 5.74) is 0. The van der Waals surface area contributed by atoms with E-state index in [0.29, 0.717) is 18.3 Å². The van der Waals surface area contributed by atoms with Gasteiger partial charge in [0.2, 0.25) is 6.10 Å². The molecule has 5 heteroatoms. The Balaban J connectivity index is 1.44. The fourth-order valence-corrected chi connectivity index (χ4v) is 3.58. The SMILES string of the molecule is O=C(C1COc2ccccc2O1)N1CCC2CNCC2C1. The molecule has 0 radical (unpaired) electrons. The van der Waals surface area contributed by atoms with Crippen molar-refractivity contribution in [1.29, 1.82) is 0 Å². The van der Waals surface area contributed by atoms with Gasteiger partial charge < -0.3 is 19.7 Å². The lowest BCUT2D eigenvalue weighted by Crippen LogP contribution is -2.51. The zero-order chi connectivity index (χ0) is 14.2. The molecule has 21 heavy (non-hydrogen) atoms. The molecular formula is C16H20N2O3. The second-order valence-corrected chi connectivity index (χ2v) is 6.12. The van der Waals surface area contributed by atoms with Gasteiger partial charge in [-0.15, -0.1) is 0 Å². The van der Waals surface area contributed by atoms with Crippen LogP contribution in [0.15, 0.2) is 24.3 Å². The number of amides is 1. The number of ether oxygens (including phenoxy) is 2. The van der Waals surface area contributed by atoms with Crippen molar-refractivity contribution in [2.24, 2.45) is 11.8 Å². The van der Waals surface area contributed by atoms with E-state index >= 15 is 0 Å². The monoisotopic (exact) mass is 288 g/mol. The van der Waals surface area contributed by atoms with Gasteiger partial charge in [0.15, 0.2) is 11.5 Å². The van der Waals surface area contributed by atoms with Gasteiger partial charge in [-0.05, 0) is 43.5 Å². The maximum Gasteiger partial charge on any atom is 0.267 e. The molecule has 0 saturated carbocycles. The van der Waals surface area contributed by atoms with Crippen molar-refractivity contribution >= 4 is 5.91 Å². The van der Waals surface area contributed by atoms with E-state index in [1.165, 1.54) is 0 Å². The fraction of sp³-hybridized carbons (Fsp3) is 0.562. The number of carbonyl (C=O) groups is 1. The Hall–Kier alpha value is -1.75. The highest BCUT2D eigenvalue weighted by Crippen LogP contribution is 2.32. The summed E-state index contributed by atoms with van der Waals surface area (Å²) < 4.78 is 11.5. The minimum Gasteiger partial charge on any atom is -0.485 e. The second kappa shape index (κ2) is 5.22. The molecule has 0 spiro atoms. The number of rotatable bonds is 1. The summed E-state index contributed by atoms with van der Waals surface area (Å²) >= 11 is 0. The van der Waals surface area contributed by atoms with Crippen LogP contribution in [0.1, 0.15) is 6.42 Å². The molecule has 0 bridgehead atoms. The first-order valence-electron chi connectivity index (χ1n) is 7.69. The van der Waals surface area contributed by atoms with Crippen molar-refractivity contribution in [2.45, 2.75) is 12.5 Å². The highest BCUT2D eigenvalue weighted by atomic mass is 16.6. The second-order valence-electron chi connectivity index (χ2n) is 6.12. The molecule has 1 N–H and O–H groups in total. The number of carbonyl (C=O) groups excluding carboxylic acids is 1. The normalized spacial score (nSPS) is 30.9. The molecule has 3 unspecified atom stereocenters. The van der Waals surface area contributed by atoms with Crippen LogP contribution in [0.4, 0.5) is 0 Å². The van der Waals surface area contributed by atoms with E-state index < -0.39 is 6.10 Å². The molecule has 2 fully saturated rings. The Labute approximate surface area is 124 Å². The van der Waals surface area contributed by atoms with E-state index in [1.807, 2.05) is 29.2 Å². The summed E-state index contributed by atoms with van der Waals surface area (Å²) in [5.74, 6) is 2.78. The average Bonchev–Trinajstić information content (AvgIpc) is 3.01. The quantitative estimate of drug-likeness (QED) is 0.834. The number of nitrogens with one attached hydrogen (secondary N) is 1. The third kappa shape index (κ3) is 2.35. The standard InChI is InChI=1S/C16H20N2O3/c19-16(18-6-5-11-7-17-8-12(11)9-18)15-10-20-13-3-1-2-4-14(13)21-15/h1-4,11-12,15,17H,5-10H2. The zero-order valence-electron chi connectivity index (χ0n) is 12.0. The van der Waals surface area contributed by atoms with E-state index in [4.69, 9.17) is 9.47 Å². The highest BCUT2D eigenvalue weighted by Gasteiger charge is 2.38. The Morgan fingerprint density at radius 1 is 1.19 bits per heavy atom. The van der Waals surface area contributed by atoms with E-state index in [0.717, 1.165) is 44.3 Å². The van der Waals surface area contributed by atoms with Crippen molar-refractivity contribution in [3.05, 3.63) is 24.3 Å². The Bertz CT molecular complexity index is 548. The molecule has 3 atom stereocenters. The van der Waals surface area contributed by atoms with Gasteiger partial charge in [0, 0.05) is 13.1 Å². The predicted octanol–water partition coefficient (Wildman–Crippen LogP) is 0.894. The van der Waals surface area contributed by atoms with Gasteiger partial charge >= 0.3 is 0 Å². The lowest BCUT2D eigenvalue weighted by molar-refractivity contribution is -0.143. The lowest BCUT2D eigenvalue weighted by Gasteiger charge is -2.37. The first kappa shape index (κ1) is 13.0. The zero-order valence-corrected chi connectivity index (χ0v) is 12.0.